The molecule has 11 N–H and O–H groups in total. The highest BCUT2D eigenvalue weighted by Gasteiger charge is 2.31. The lowest BCUT2D eigenvalue weighted by atomic mass is 10.0. The van der Waals surface area contributed by atoms with Gasteiger partial charge in [0.15, 0.2) is 0 Å². The van der Waals surface area contributed by atoms with E-state index in [1.165, 1.54) is 0 Å². The van der Waals surface area contributed by atoms with E-state index in [4.69, 9.17) is 11.5 Å². The zero-order valence-corrected chi connectivity index (χ0v) is 23.8. The van der Waals surface area contributed by atoms with Crippen LogP contribution < -0.4 is 38.1 Å². The predicted molar refractivity (Wildman–Crippen MR) is 146 cm³/mol. The summed E-state index contributed by atoms with van der Waals surface area (Å²) in [7, 11) is 0. The van der Waals surface area contributed by atoms with Crippen molar-refractivity contribution in [1.82, 2.24) is 26.6 Å². The second kappa shape index (κ2) is 19.7. The van der Waals surface area contributed by atoms with E-state index in [0.29, 0.717) is 19.4 Å². The number of amides is 5. The first-order valence-electron chi connectivity index (χ1n) is 13.5. The third kappa shape index (κ3) is 15.3. The van der Waals surface area contributed by atoms with Crippen molar-refractivity contribution in [2.45, 2.75) is 84.0 Å². The summed E-state index contributed by atoms with van der Waals surface area (Å²) in [5.41, 5.74) is 10.7. The fraction of sp³-hybridized carbons (Fsp3) is 0.760. The molecule has 0 aliphatic rings. The Morgan fingerprint density at radius 1 is 0.675 bits per heavy atom. The molecule has 0 fully saturated rings. The van der Waals surface area contributed by atoms with Gasteiger partial charge in [0.05, 0.1) is 19.7 Å². The van der Waals surface area contributed by atoms with Gasteiger partial charge in [-0.1, -0.05) is 27.7 Å². The summed E-state index contributed by atoms with van der Waals surface area (Å²) in [6, 6.07) is -4.85. The molecule has 0 aliphatic carbocycles. The van der Waals surface area contributed by atoms with Crippen LogP contribution in [0.2, 0.25) is 0 Å². The summed E-state index contributed by atoms with van der Waals surface area (Å²) in [5.74, 6) is -4.82. The number of carboxylic acid groups (broad SMARTS) is 1. The molecule has 4 atom stereocenters. The number of aliphatic hydroxyl groups excluding tert-OH is 1. The number of carbonyl (C=O) groups is 6. The summed E-state index contributed by atoms with van der Waals surface area (Å²) >= 11 is 0. The maximum atomic E-state index is 13.0. The number of unbranched alkanes of at least 4 members (excludes halogenated alkanes) is 1. The zero-order chi connectivity index (χ0) is 30.8. The summed E-state index contributed by atoms with van der Waals surface area (Å²) in [4.78, 5) is 74.0. The Morgan fingerprint density at radius 2 is 1.18 bits per heavy atom. The van der Waals surface area contributed by atoms with E-state index in [0.717, 1.165) is 0 Å². The van der Waals surface area contributed by atoms with Crippen LogP contribution in [0.1, 0.15) is 59.8 Å². The number of nitrogens with two attached hydrogens (primary N) is 2. The molecule has 0 bridgehead atoms. The van der Waals surface area contributed by atoms with Gasteiger partial charge in [0.1, 0.15) is 24.2 Å². The van der Waals surface area contributed by atoms with Crippen molar-refractivity contribution in [2.24, 2.45) is 23.3 Å². The van der Waals surface area contributed by atoms with E-state index in [9.17, 15) is 39.0 Å². The van der Waals surface area contributed by atoms with Crippen LogP contribution in [0.4, 0.5) is 0 Å². The van der Waals surface area contributed by atoms with Gasteiger partial charge in [0.2, 0.25) is 29.5 Å². The van der Waals surface area contributed by atoms with E-state index in [2.05, 4.69) is 26.6 Å². The van der Waals surface area contributed by atoms with Crippen LogP contribution in [0.15, 0.2) is 0 Å². The molecule has 0 saturated carbocycles. The second-order valence-electron chi connectivity index (χ2n) is 10.3. The van der Waals surface area contributed by atoms with Gasteiger partial charge < -0.3 is 48.3 Å². The minimum atomic E-state index is -1.47. The molecule has 0 aromatic rings. The number of hydrogen-bond donors (Lipinski definition) is 9. The molecule has 0 aliphatic heterocycles. The molecule has 15 heteroatoms. The standard InChI is InChI=1S/C25H47N7O8/c1-14(2)9-17(29-21(35)12-28-20(34)11-27)23(37)32-19(13-33)24(38)30-16(7-5-6-8-26)22(36)31-18(25(39)40)10-15(3)4/h14-19,33H,5-13,26-27H2,1-4H3,(H,28,34)(H,29,35)(H,30,38)(H,31,36)(H,32,37)(H,39,40)/t16-,17-,18-,19-/m0/s1. The molecule has 40 heavy (non-hydrogen) atoms. The molecule has 15 nitrogen and oxygen atoms in total. The Morgan fingerprint density at radius 3 is 1.68 bits per heavy atom. The first-order chi connectivity index (χ1) is 18.7. The molecule has 0 unspecified atom stereocenters. The quantitative estimate of drug-likeness (QED) is 0.0681. The number of carboxylic acids is 1. The summed E-state index contributed by atoms with van der Waals surface area (Å²) < 4.78 is 0. The highest BCUT2D eigenvalue weighted by Crippen LogP contribution is 2.08. The fourth-order valence-electron chi connectivity index (χ4n) is 3.66. The van der Waals surface area contributed by atoms with E-state index < -0.39 is 72.8 Å². The topological polar surface area (TPSA) is 255 Å². The highest BCUT2D eigenvalue weighted by molar-refractivity contribution is 5.95. The minimum Gasteiger partial charge on any atom is -0.480 e. The number of nitrogens with one attached hydrogen (secondary N) is 5. The van der Waals surface area contributed by atoms with Crippen molar-refractivity contribution in [3.05, 3.63) is 0 Å². The van der Waals surface area contributed by atoms with Crippen molar-refractivity contribution >= 4 is 35.5 Å². The molecule has 0 saturated heterocycles. The number of rotatable bonds is 20. The first kappa shape index (κ1) is 36.7. The Labute approximate surface area is 234 Å². The van der Waals surface area contributed by atoms with Gasteiger partial charge in [0.25, 0.3) is 0 Å². The molecule has 5 amide bonds. The lowest BCUT2D eigenvalue weighted by Gasteiger charge is -2.26. The average molecular weight is 574 g/mol. The molecule has 0 heterocycles. The summed E-state index contributed by atoms with van der Waals surface area (Å²) in [5, 5.41) is 31.4. The van der Waals surface area contributed by atoms with Crippen LogP contribution in [0, 0.1) is 11.8 Å². The third-order valence-electron chi connectivity index (χ3n) is 5.71. The Bertz CT molecular complexity index is 853. The lowest BCUT2D eigenvalue weighted by molar-refractivity contribution is -0.143. The molecule has 0 aromatic carbocycles. The van der Waals surface area contributed by atoms with Gasteiger partial charge in [-0.3, -0.25) is 24.0 Å². The smallest absolute Gasteiger partial charge is 0.326 e. The van der Waals surface area contributed by atoms with Crippen molar-refractivity contribution in [3.63, 3.8) is 0 Å². The van der Waals surface area contributed by atoms with Crippen LogP contribution >= 0.6 is 0 Å². The normalized spacial score (nSPS) is 14.0. The number of aliphatic hydroxyl groups is 1. The second-order valence-corrected chi connectivity index (χ2v) is 10.3. The van der Waals surface area contributed by atoms with Crippen molar-refractivity contribution < 1.29 is 39.0 Å². The van der Waals surface area contributed by atoms with E-state index in [-0.39, 0.29) is 37.6 Å². The molecular weight excluding hydrogens is 526 g/mol. The van der Waals surface area contributed by atoms with Gasteiger partial charge in [-0.15, -0.1) is 0 Å². The minimum absolute atomic E-state index is 0.0168. The largest absolute Gasteiger partial charge is 0.480 e. The van der Waals surface area contributed by atoms with Crippen LogP contribution in [0.25, 0.3) is 0 Å². The van der Waals surface area contributed by atoms with E-state index in [1.807, 2.05) is 27.7 Å². The molecule has 0 spiro atoms. The highest BCUT2D eigenvalue weighted by atomic mass is 16.4. The van der Waals surface area contributed by atoms with Gasteiger partial charge in [-0.25, -0.2) is 4.79 Å². The number of carbonyl (C=O) groups excluding carboxylic acids is 5. The van der Waals surface area contributed by atoms with Crippen molar-refractivity contribution in [1.29, 1.82) is 0 Å². The maximum Gasteiger partial charge on any atom is 0.326 e. The van der Waals surface area contributed by atoms with Crippen molar-refractivity contribution in [3.8, 4) is 0 Å². The predicted octanol–water partition coefficient (Wildman–Crippen LogP) is -2.70. The Balaban J connectivity index is 5.53. The number of aliphatic carboxylic acids is 1. The SMILES string of the molecule is CC(C)C[C@H](NC(=O)[C@H](CCCCN)NC(=O)[C@H](CO)NC(=O)[C@H](CC(C)C)NC(=O)CNC(=O)CN)C(=O)O. The Kier molecular flexibility index (Phi) is 18.1. The van der Waals surface area contributed by atoms with E-state index >= 15 is 0 Å². The Hall–Kier alpha value is -3.30. The molecule has 230 valence electrons. The fourth-order valence-corrected chi connectivity index (χ4v) is 3.66. The van der Waals surface area contributed by atoms with Crippen LogP contribution in [-0.4, -0.2) is 96.1 Å². The van der Waals surface area contributed by atoms with Gasteiger partial charge >= 0.3 is 5.97 Å². The van der Waals surface area contributed by atoms with Crippen LogP contribution in [0.5, 0.6) is 0 Å². The average Bonchev–Trinajstić information content (AvgIpc) is 2.87. The van der Waals surface area contributed by atoms with E-state index in [1.54, 1.807) is 0 Å². The molecule has 0 aromatic heterocycles. The summed E-state index contributed by atoms with van der Waals surface area (Å²) in [6.45, 7) is 6.06. The van der Waals surface area contributed by atoms with Gasteiger partial charge in [0, 0.05) is 0 Å². The van der Waals surface area contributed by atoms with Crippen LogP contribution in [0.3, 0.4) is 0 Å². The molecule has 0 rings (SSSR count). The van der Waals surface area contributed by atoms with Gasteiger partial charge in [-0.05, 0) is 50.5 Å². The third-order valence-corrected chi connectivity index (χ3v) is 5.71. The van der Waals surface area contributed by atoms with Crippen molar-refractivity contribution in [2.75, 3.05) is 26.2 Å². The first-order valence-corrected chi connectivity index (χ1v) is 13.5. The lowest BCUT2D eigenvalue weighted by Crippen LogP contribution is -2.59. The van der Waals surface area contributed by atoms with Gasteiger partial charge in [-0.2, -0.15) is 0 Å². The van der Waals surface area contributed by atoms with Crippen LogP contribution in [-0.2, 0) is 28.8 Å². The summed E-state index contributed by atoms with van der Waals surface area (Å²) in [6.07, 6.45) is 1.53. The monoisotopic (exact) mass is 573 g/mol. The maximum absolute atomic E-state index is 13.0. The molecular formula is C25H47N7O8. The zero-order valence-electron chi connectivity index (χ0n) is 23.8. The number of hydrogen-bond acceptors (Lipinski definition) is 9. The molecule has 0 radical (unpaired) electrons.